The smallest absolute Gasteiger partial charge is 0.255 e. The highest BCUT2D eigenvalue weighted by Gasteiger charge is 2.07. The standard InChI is InChI=1S/C16H17NO2S/c1-3-12-5-4-6-14(11-12)17-16(18)13-7-9-15(10-8-13)20(2)19/h4-11H,3H2,1-2H3,(H,17,18). The van der Waals surface area contributed by atoms with E-state index < -0.39 is 10.8 Å². The molecule has 0 saturated heterocycles. The van der Waals surface area contributed by atoms with Crippen LogP contribution in [0, 0.1) is 0 Å². The molecule has 1 N–H and O–H groups in total. The summed E-state index contributed by atoms with van der Waals surface area (Å²) in [4.78, 5) is 12.8. The molecular formula is C16H17NO2S. The first-order chi connectivity index (χ1) is 9.60. The molecule has 0 spiro atoms. The SMILES string of the molecule is CCc1cccc(NC(=O)c2ccc(S(C)=O)cc2)c1. The molecule has 0 aliphatic heterocycles. The van der Waals surface area contributed by atoms with Gasteiger partial charge >= 0.3 is 0 Å². The van der Waals surface area contributed by atoms with Crippen LogP contribution >= 0.6 is 0 Å². The summed E-state index contributed by atoms with van der Waals surface area (Å²) in [7, 11) is -1.02. The van der Waals surface area contributed by atoms with Crippen LogP contribution in [0.15, 0.2) is 53.4 Å². The molecule has 1 amide bonds. The van der Waals surface area contributed by atoms with E-state index in [4.69, 9.17) is 0 Å². The van der Waals surface area contributed by atoms with Crippen molar-refractivity contribution in [1.29, 1.82) is 0 Å². The fraction of sp³-hybridized carbons (Fsp3) is 0.188. The van der Waals surface area contributed by atoms with Crippen molar-refractivity contribution in [2.45, 2.75) is 18.2 Å². The minimum absolute atomic E-state index is 0.160. The van der Waals surface area contributed by atoms with Crippen LogP contribution < -0.4 is 5.32 Å². The molecule has 0 heterocycles. The summed E-state index contributed by atoms with van der Waals surface area (Å²) in [5, 5.41) is 2.87. The Morgan fingerprint density at radius 2 is 1.85 bits per heavy atom. The molecule has 4 heteroatoms. The maximum absolute atomic E-state index is 12.1. The highest BCUT2D eigenvalue weighted by atomic mass is 32.2. The molecule has 2 rings (SSSR count). The molecule has 0 fully saturated rings. The molecular weight excluding hydrogens is 270 g/mol. The first-order valence-electron chi connectivity index (χ1n) is 6.44. The lowest BCUT2D eigenvalue weighted by molar-refractivity contribution is 0.102. The molecule has 0 aromatic heterocycles. The summed E-state index contributed by atoms with van der Waals surface area (Å²) in [5.41, 5.74) is 2.53. The zero-order valence-electron chi connectivity index (χ0n) is 11.6. The van der Waals surface area contributed by atoms with E-state index >= 15 is 0 Å². The molecule has 0 aliphatic carbocycles. The summed E-state index contributed by atoms with van der Waals surface area (Å²) < 4.78 is 11.3. The van der Waals surface area contributed by atoms with Crippen molar-refractivity contribution in [2.75, 3.05) is 11.6 Å². The van der Waals surface area contributed by atoms with Gasteiger partial charge in [-0.05, 0) is 48.4 Å². The van der Waals surface area contributed by atoms with Crippen LogP contribution in [0.5, 0.6) is 0 Å². The monoisotopic (exact) mass is 287 g/mol. The van der Waals surface area contributed by atoms with Crippen LogP contribution in [-0.4, -0.2) is 16.4 Å². The maximum atomic E-state index is 12.1. The third-order valence-corrected chi connectivity index (χ3v) is 3.98. The van der Waals surface area contributed by atoms with Crippen molar-refractivity contribution in [1.82, 2.24) is 0 Å². The van der Waals surface area contributed by atoms with Gasteiger partial charge in [-0.2, -0.15) is 0 Å². The third kappa shape index (κ3) is 3.54. The Balaban J connectivity index is 2.13. The van der Waals surface area contributed by atoms with Gasteiger partial charge in [0.1, 0.15) is 0 Å². The quantitative estimate of drug-likeness (QED) is 0.938. The van der Waals surface area contributed by atoms with Crippen LogP contribution in [0.1, 0.15) is 22.8 Å². The topological polar surface area (TPSA) is 46.2 Å². The Morgan fingerprint density at radius 3 is 2.45 bits per heavy atom. The second kappa shape index (κ2) is 6.48. The lowest BCUT2D eigenvalue weighted by Crippen LogP contribution is -2.12. The average molecular weight is 287 g/mol. The molecule has 1 atom stereocenters. The van der Waals surface area contributed by atoms with E-state index in [0.717, 1.165) is 17.0 Å². The number of carbonyl (C=O) groups excluding carboxylic acids is 1. The van der Waals surface area contributed by atoms with Crippen molar-refractivity contribution in [2.24, 2.45) is 0 Å². The zero-order valence-corrected chi connectivity index (χ0v) is 12.4. The number of amides is 1. The van der Waals surface area contributed by atoms with Gasteiger partial charge in [-0.1, -0.05) is 19.1 Å². The lowest BCUT2D eigenvalue weighted by Gasteiger charge is -2.07. The number of hydrogen-bond donors (Lipinski definition) is 1. The fourth-order valence-electron chi connectivity index (χ4n) is 1.87. The van der Waals surface area contributed by atoms with Crippen LogP contribution in [0.4, 0.5) is 5.69 Å². The van der Waals surface area contributed by atoms with Crippen molar-refractivity contribution >= 4 is 22.4 Å². The molecule has 0 aliphatic rings. The highest BCUT2D eigenvalue weighted by molar-refractivity contribution is 7.84. The predicted molar refractivity (Wildman–Crippen MR) is 82.5 cm³/mol. The maximum Gasteiger partial charge on any atom is 0.255 e. The fourth-order valence-corrected chi connectivity index (χ4v) is 2.39. The van der Waals surface area contributed by atoms with Gasteiger partial charge in [0.05, 0.1) is 0 Å². The zero-order chi connectivity index (χ0) is 14.5. The van der Waals surface area contributed by atoms with Gasteiger partial charge in [-0.25, -0.2) is 0 Å². The Bertz CT molecular complexity index is 635. The number of nitrogens with one attached hydrogen (secondary N) is 1. The Hall–Kier alpha value is -1.94. The molecule has 20 heavy (non-hydrogen) atoms. The molecule has 0 radical (unpaired) electrons. The van der Waals surface area contributed by atoms with Gasteiger partial charge in [0.2, 0.25) is 0 Å². The molecule has 3 nitrogen and oxygen atoms in total. The van der Waals surface area contributed by atoms with Crippen molar-refractivity contribution in [3.63, 3.8) is 0 Å². The van der Waals surface area contributed by atoms with E-state index in [1.807, 2.05) is 24.3 Å². The van der Waals surface area contributed by atoms with Crippen molar-refractivity contribution in [3.05, 3.63) is 59.7 Å². The lowest BCUT2D eigenvalue weighted by atomic mass is 10.1. The first-order valence-corrected chi connectivity index (χ1v) is 7.99. The molecule has 2 aromatic rings. The van der Waals surface area contributed by atoms with E-state index in [2.05, 4.69) is 12.2 Å². The first kappa shape index (κ1) is 14.5. The molecule has 104 valence electrons. The largest absolute Gasteiger partial charge is 0.322 e. The van der Waals surface area contributed by atoms with Crippen LogP contribution in [0.25, 0.3) is 0 Å². The molecule has 1 unspecified atom stereocenters. The normalized spacial score (nSPS) is 11.9. The van der Waals surface area contributed by atoms with Gasteiger partial charge in [-0.3, -0.25) is 9.00 Å². The second-order valence-electron chi connectivity index (χ2n) is 4.49. The number of hydrogen-bond acceptors (Lipinski definition) is 2. The van der Waals surface area contributed by atoms with E-state index in [1.54, 1.807) is 30.5 Å². The minimum Gasteiger partial charge on any atom is -0.322 e. The molecule has 2 aromatic carbocycles. The Kier molecular flexibility index (Phi) is 4.69. The van der Waals surface area contributed by atoms with Crippen molar-refractivity contribution < 1.29 is 9.00 Å². The minimum atomic E-state index is -1.02. The van der Waals surface area contributed by atoms with Crippen LogP contribution in [0.3, 0.4) is 0 Å². The van der Waals surface area contributed by atoms with Gasteiger partial charge in [0.25, 0.3) is 5.91 Å². The average Bonchev–Trinajstić information content (AvgIpc) is 2.47. The Labute approximate surface area is 121 Å². The third-order valence-electron chi connectivity index (χ3n) is 3.04. The van der Waals surface area contributed by atoms with E-state index in [9.17, 15) is 9.00 Å². The number of rotatable bonds is 4. The summed E-state index contributed by atoms with van der Waals surface area (Å²) in [5.74, 6) is -0.160. The summed E-state index contributed by atoms with van der Waals surface area (Å²) >= 11 is 0. The van der Waals surface area contributed by atoms with Gasteiger partial charge in [0.15, 0.2) is 0 Å². The predicted octanol–water partition coefficient (Wildman–Crippen LogP) is 3.24. The van der Waals surface area contributed by atoms with Crippen LogP contribution in [0.2, 0.25) is 0 Å². The number of anilines is 1. The second-order valence-corrected chi connectivity index (χ2v) is 5.87. The summed E-state index contributed by atoms with van der Waals surface area (Å²) in [6.07, 6.45) is 2.55. The van der Waals surface area contributed by atoms with Crippen molar-refractivity contribution in [3.8, 4) is 0 Å². The van der Waals surface area contributed by atoms with Crippen LogP contribution in [-0.2, 0) is 17.2 Å². The van der Waals surface area contributed by atoms with Gasteiger partial charge in [-0.15, -0.1) is 0 Å². The Morgan fingerprint density at radius 1 is 1.15 bits per heavy atom. The summed E-state index contributed by atoms with van der Waals surface area (Å²) in [6.45, 7) is 2.07. The summed E-state index contributed by atoms with van der Waals surface area (Å²) in [6, 6.07) is 14.6. The molecule has 0 bridgehead atoms. The number of benzene rings is 2. The van der Waals surface area contributed by atoms with E-state index in [-0.39, 0.29) is 5.91 Å². The highest BCUT2D eigenvalue weighted by Crippen LogP contribution is 2.14. The number of carbonyl (C=O) groups is 1. The van der Waals surface area contributed by atoms with Gasteiger partial charge in [0, 0.05) is 33.2 Å². The molecule has 0 saturated carbocycles. The van der Waals surface area contributed by atoms with E-state index in [0.29, 0.717) is 5.56 Å². The van der Waals surface area contributed by atoms with Gasteiger partial charge < -0.3 is 5.32 Å². The van der Waals surface area contributed by atoms with E-state index in [1.165, 1.54) is 5.56 Å². The number of aryl methyl sites for hydroxylation is 1.